The Kier molecular flexibility index (Phi) is 4.56. The van der Waals surface area contributed by atoms with Gasteiger partial charge >= 0.3 is 0 Å². The zero-order chi connectivity index (χ0) is 13.8. The fourth-order valence-electron chi connectivity index (χ4n) is 2.01. The van der Waals surface area contributed by atoms with Gasteiger partial charge in [-0.3, -0.25) is 0 Å². The van der Waals surface area contributed by atoms with Crippen LogP contribution in [0.25, 0.3) is 0 Å². The van der Waals surface area contributed by atoms with E-state index in [9.17, 15) is 4.39 Å². The average molecular weight is 324 g/mol. The van der Waals surface area contributed by atoms with Gasteiger partial charge < -0.3 is 10.1 Å². The van der Waals surface area contributed by atoms with Crippen LogP contribution in [0.3, 0.4) is 0 Å². The fraction of sp³-hybridized carbons (Fsp3) is 0.200. The van der Waals surface area contributed by atoms with E-state index in [1.807, 2.05) is 37.4 Å². The number of rotatable bonds is 4. The van der Waals surface area contributed by atoms with Crippen molar-refractivity contribution in [2.24, 2.45) is 0 Å². The molecule has 19 heavy (non-hydrogen) atoms. The highest BCUT2D eigenvalue weighted by atomic mass is 79.9. The van der Waals surface area contributed by atoms with Crippen molar-refractivity contribution in [1.29, 1.82) is 0 Å². The molecule has 2 rings (SSSR count). The van der Waals surface area contributed by atoms with Crippen molar-refractivity contribution in [2.75, 3.05) is 14.2 Å². The molecular formula is C15H15BrFNO. The van der Waals surface area contributed by atoms with E-state index < -0.39 is 0 Å². The van der Waals surface area contributed by atoms with Crippen LogP contribution in [-0.4, -0.2) is 14.2 Å². The van der Waals surface area contributed by atoms with Crippen LogP contribution in [0.2, 0.25) is 0 Å². The largest absolute Gasteiger partial charge is 0.497 e. The lowest BCUT2D eigenvalue weighted by atomic mass is 9.99. The van der Waals surface area contributed by atoms with Gasteiger partial charge in [0, 0.05) is 0 Å². The first-order valence-electron chi connectivity index (χ1n) is 5.92. The molecule has 0 spiro atoms. The number of hydrogen-bond donors (Lipinski definition) is 1. The number of halogens is 2. The Morgan fingerprint density at radius 3 is 2.26 bits per heavy atom. The van der Waals surface area contributed by atoms with Crippen LogP contribution in [0, 0.1) is 5.82 Å². The molecule has 0 aromatic heterocycles. The molecule has 0 aliphatic rings. The van der Waals surface area contributed by atoms with Gasteiger partial charge in [-0.1, -0.05) is 18.2 Å². The van der Waals surface area contributed by atoms with E-state index in [2.05, 4.69) is 21.2 Å². The Labute approximate surface area is 120 Å². The van der Waals surface area contributed by atoms with Crippen LogP contribution in [0.1, 0.15) is 17.2 Å². The molecule has 0 bridgehead atoms. The molecule has 0 aliphatic carbocycles. The summed E-state index contributed by atoms with van der Waals surface area (Å²) in [6, 6.07) is 12.9. The van der Waals surface area contributed by atoms with E-state index in [1.165, 1.54) is 6.07 Å². The second-order valence-corrected chi connectivity index (χ2v) is 5.02. The third-order valence-corrected chi connectivity index (χ3v) is 3.66. The summed E-state index contributed by atoms with van der Waals surface area (Å²) in [5.41, 5.74) is 1.94. The van der Waals surface area contributed by atoms with Gasteiger partial charge in [0.05, 0.1) is 17.6 Å². The average Bonchev–Trinajstić information content (AvgIpc) is 2.44. The summed E-state index contributed by atoms with van der Waals surface area (Å²) < 4.78 is 19.2. The number of hydrogen-bond acceptors (Lipinski definition) is 2. The summed E-state index contributed by atoms with van der Waals surface area (Å²) in [4.78, 5) is 0. The SMILES string of the molecule is CNC(c1ccc(OC)cc1)c1ccc(Br)c(F)c1. The molecule has 0 fully saturated rings. The van der Waals surface area contributed by atoms with E-state index in [0.717, 1.165) is 16.9 Å². The molecule has 1 N–H and O–H groups in total. The smallest absolute Gasteiger partial charge is 0.137 e. The highest BCUT2D eigenvalue weighted by molar-refractivity contribution is 9.10. The summed E-state index contributed by atoms with van der Waals surface area (Å²) >= 11 is 3.16. The molecule has 2 nitrogen and oxygen atoms in total. The van der Waals surface area contributed by atoms with Gasteiger partial charge in [0.1, 0.15) is 11.6 Å². The molecule has 1 atom stereocenters. The van der Waals surface area contributed by atoms with Gasteiger partial charge in [0.15, 0.2) is 0 Å². The summed E-state index contributed by atoms with van der Waals surface area (Å²) in [5, 5.41) is 3.20. The summed E-state index contributed by atoms with van der Waals surface area (Å²) in [6.45, 7) is 0. The third kappa shape index (κ3) is 3.14. The molecule has 0 heterocycles. The third-order valence-electron chi connectivity index (χ3n) is 3.01. The lowest BCUT2D eigenvalue weighted by molar-refractivity contribution is 0.414. The Bertz CT molecular complexity index is 557. The number of methoxy groups -OCH3 is 1. The second kappa shape index (κ2) is 6.17. The van der Waals surface area contributed by atoms with Crippen molar-refractivity contribution in [3.8, 4) is 5.75 Å². The van der Waals surface area contributed by atoms with Crippen LogP contribution in [0.15, 0.2) is 46.9 Å². The van der Waals surface area contributed by atoms with Crippen molar-refractivity contribution in [1.82, 2.24) is 5.32 Å². The maximum Gasteiger partial charge on any atom is 0.137 e. The van der Waals surface area contributed by atoms with E-state index >= 15 is 0 Å². The van der Waals surface area contributed by atoms with Crippen LogP contribution >= 0.6 is 15.9 Å². The van der Waals surface area contributed by atoms with Crippen molar-refractivity contribution < 1.29 is 9.13 Å². The molecule has 0 saturated carbocycles. The van der Waals surface area contributed by atoms with Gasteiger partial charge in [0.25, 0.3) is 0 Å². The molecular weight excluding hydrogens is 309 g/mol. The summed E-state index contributed by atoms with van der Waals surface area (Å²) in [7, 11) is 3.49. The molecule has 0 saturated heterocycles. The van der Waals surface area contributed by atoms with Crippen molar-refractivity contribution in [2.45, 2.75) is 6.04 Å². The monoisotopic (exact) mass is 323 g/mol. The van der Waals surface area contributed by atoms with Gasteiger partial charge in [-0.2, -0.15) is 0 Å². The first-order chi connectivity index (χ1) is 9.15. The highest BCUT2D eigenvalue weighted by Crippen LogP contribution is 2.26. The normalized spacial score (nSPS) is 12.2. The van der Waals surface area contributed by atoms with E-state index in [4.69, 9.17) is 4.74 Å². The Balaban J connectivity index is 2.34. The molecule has 2 aromatic rings. The Morgan fingerprint density at radius 1 is 1.11 bits per heavy atom. The lowest BCUT2D eigenvalue weighted by Gasteiger charge is -2.18. The topological polar surface area (TPSA) is 21.3 Å². The van der Waals surface area contributed by atoms with Crippen molar-refractivity contribution in [3.63, 3.8) is 0 Å². The number of ether oxygens (including phenoxy) is 1. The predicted octanol–water partition coefficient (Wildman–Crippen LogP) is 3.91. The van der Waals surface area contributed by atoms with Crippen LogP contribution in [0.5, 0.6) is 5.75 Å². The second-order valence-electron chi connectivity index (χ2n) is 4.17. The van der Waals surface area contributed by atoms with Crippen LogP contribution in [-0.2, 0) is 0 Å². The minimum atomic E-state index is -0.258. The van der Waals surface area contributed by atoms with Gasteiger partial charge in [-0.05, 0) is 58.4 Å². The van der Waals surface area contributed by atoms with Crippen LogP contribution < -0.4 is 10.1 Å². The van der Waals surface area contributed by atoms with Crippen LogP contribution in [0.4, 0.5) is 4.39 Å². The van der Waals surface area contributed by atoms with Gasteiger partial charge in [-0.25, -0.2) is 4.39 Å². The van der Waals surface area contributed by atoms with Crippen molar-refractivity contribution >= 4 is 15.9 Å². The maximum atomic E-state index is 13.6. The number of nitrogens with one attached hydrogen (secondary N) is 1. The minimum absolute atomic E-state index is 0.0477. The summed E-state index contributed by atoms with van der Waals surface area (Å²) in [5.74, 6) is 0.548. The fourth-order valence-corrected chi connectivity index (χ4v) is 2.26. The summed E-state index contributed by atoms with van der Waals surface area (Å²) in [6.07, 6.45) is 0. The van der Waals surface area contributed by atoms with E-state index in [0.29, 0.717) is 4.47 Å². The molecule has 1 unspecified atom stereocenters. The number of benzene rings is 2. The van der Waals surface area contributed by atoms with Gasteiger partial charge in [-0.15, -0.1) is 0 Å². The first-order valence-corrected chi connectivity index (χ1v) is 6.71. The first kappa shape index (κ1) is 14.0. The molecule has 4 heteroatoms. The predicted molar refractivity (Wildman–Crippen MR) is 78.0 cm³/mol. The highest BCUT2D eigenvalue weighted by Gasteiger charge is 2.13. The molecule has 0 amide bonds. The molecule has 2 aromatic carbocycles. The maximum absolute atomic E-state index is 13.6. The molecule has 0 aliphatic heterocycles. The zero-order valence-corrected chi connectivity index (χ0v) is 12.4. The van der Waals surface area contributed by atoms with Gasteiger partial charge in [0.2, 0.25) is 0 Å². The minimum Gasteiger partial charge on any atom is -0.497 e. The Hall–Kier alpha value is -1.39. The zero-order valence-electron chi connectivity index (χ0n) is 10.8. The lowest BCUT2D eigenvalue weighted by Crippen LogP contribution is -2.17. The van der Waals surface area contributed by atoms with E-state index in [-0.39, 0.29) is 11.9 Å². The van der Waals surface area contributed by atoms with Crippen molar-refractivity contribution in [3.05, 3.63) is 63.9 Å². The Morgan fingerprint density at radius 2 is 1.74 bits per heavy atom. The molecule has 0 radical (unpaired) electrons. The van der Waals surface area contributed by atoms with E-state index in [1.54, 1.807) is 13.2 Å². The quantitative estimate of drug-likeness (QED) is 0.921. The molecule has 100 valence electrons. The standard InChI is InChI=1S/C15H15BrFNO/c1-18-15(10-3-6-12(19-2)7-4-10)11-5-8-13(16)14(17)9-11/h3-9,15,18H,1-2H3.